The number of phenolic OH excluding ortho intramolecular Hbond substituents is 1. The monoisotopic (exact) mass is 476 g/mol. The van der Waals surface area contributed by atoms with Crippen molar-refractivity contribution >= 4 is 17.3 Å². The number of aryl methyl sites for hydroxylation is 1. The van der Waals surface area contributed by atoms with Crippen LogP contribution in [-0.2, 0) is 0 Å². The fraction of sp³-hybridized carbons (Fsp3) is 0.346. The number of hydrogen-bond acceptors (Lipinski definition) is 9. The van der Waals surface area contributed by atoms with Gasteiger partial charge < -0.3 is 30.9 Å². The minimum atomic E-state index is 0.171. The second kappa shape index (κ2) is 11.2. The molecule has 1 aliphatic heterocycles. The lowest BCUT2D eigenvalue weighted by atomic mass is 10.0. The topological polar surface area (TPSA) is 141 Å². The van der Waals surface area contributed by atoms with Gasteiger partial charge in [-0.2, -0.15) is 0 Å². The number of piperidine rings is 1. The Hall–Kier alpha value is -3.69. The van der Waals surface area contributed by atoms with E-state index in [0.29, 0.717) is 28.4 Å². The Bertz CT molecular complexity index is 1170. The van der Waals surface area contributed by atoms with Gasteiger partial charge in [-0.1, -0.05) is 6.07 Å². The number of rotatable bonds is 9. The van der Waals surface area contributed by atoms with Gasteiger partial charge in [-0.05, 0) is 68.6 Å². The molecular formula is C26H32N6O3. The Balaban J connectivity index is 1.48. The first-order chi connectivity index (χ1) is 16.9. The van der Waals surface area contributed by atoms with Crippen molar-refractivity contribution in [2.75, 3.05) is 37.3 Å². The number of nitrogens with zero attached hydrogens (tertiary/aromatic N) is 3. The highest BCUT2D eigenvalue weighted by Crippen LogP contribution is 2.29. The van der Waals surface area contributed by atoms with Crippen LogP contribution in [0.2, 0.25) is 0 Å². The number of anilines is 2. The number of phenols is 1. The molecule has 1 unspecified atom stereocenters. The second-order valence-electron chi connectivity index (χ2n) is 8.79. The third-order valence-corrected chi connectivity index (χ3v) is 6.16. The molecule has 1 fully saturated rings. The fourth-order valence-electron chi connectivity index (χ4n) is 4.24. The molecule has 0 spiro atoms. The summed E-state index contributed by atoms with van der Waals surface area (Å²) in [6.45, 7) is 4.74. The molecule has 2 aromatic carbocycles. The number of benzene rings is 2. The average molecular weight is 477 g/mol. The molecule has 1 aromatic heterocycles. The number of aromatic nitrogens is 2. The number of hydrogen-bond donors (Lipinski definition) is 5. The number of aliphatic hydroxyl groups excluding tert-OH is 1. The smallest absolute Gasteiger partial charge is 0.141 e. The van der Waals surface area contributed by atoms with Crippen molar-refractivity contribution in [3.05, 3.63) is 65.5 Å². The SMILES string of the molecule is Cc1ccc(Oc2ccc(C(=N)c3c(N)ncnc3NC3CCCN(CCCO)C3)cc2)cc1O. The van der Waals surface area contributed by atoms with E-state index in [1.807, 2.05) is 6.92 Å². The number of aliphatic hydroxyl groups is 1. The average Bonchev–Trinajstić information content (AvgIpc) is 2.85. The minimum Gasteiger partial charge on any atom is -0.508 e. The molecule has 0 bridgehead atoms. The van der Waals surface area contributed by atoms with Crippen molar-refractivity contribution in [1.82, 2.24) is 14.9 Å². The van der Waals surface area contributed by atoms with Gasteiger partial charge in [0.15, 0.2) is 0 Å². The van der Waals surface area contributed by atoms with Crippen LogP contribution in [-0.4, -0.2) is 63.1 Å². The molecule has 4 rings (SSSR count). The summed E-state index contributed by atoms with van der Waals surface area (Å²) in [6.07, 6.45) is 4.21. The summed E-state index contributed by atoms with van der Waals surface area (Å²) in [5.41, 5.74) is 8.32. The zero-order valence-corrected chi connectivity index (χ0v) is 19.9. The molecule has 9 heteroatoms. The molecule has 9 nitrogen and oxygen atoms in total. The number of aromatic hydroxyl groups is 1. The third kappa shape index (κ3) is 6.06. The molecule has 184 valence electrons. The van der Waals surface area contributed by atoms with Gasteiger partial charge in [-0.15, -0.1) is 0 Å². The first-order valence-electron chi connectivity index (χ1n) is 11.8. The van der Waals surface area contributed by atoms with Crippen LogP contribution in [0.4, 0.5) is 11.6 Å². The highest BCUT2D eigenvalue weighted by molar-refractivity contribution is 6.16. The van der Waals surface area contributed by atoms with Gasteiger partial charge >= 0.3 is 0 Å². The highest BCUT2D eigenvalue weighted by atomic mass is 16.5. The van der Waals surface area contributed by atoms with Gasteiger partial charge in [0.2, 0.25) is 0 Å². The molecule has 3 aromatic rings. The van der Waals surface area contributed by atoms with Gasteiger partial charge in [0.1, 0.15) is 35.2 Å². The first-order valence-corrected chi connectivity index (χ1v) is 11.8. The summed E-state index contributed by atoms with van der Waals surface area (Å²) in [4.78, 5) is 10.9. The molecule has 0 amide bonds. The number of likely N-dealkylation sites (tertiary alicyclic amines) is 1. The van der Waals surface area contributed by atoms with E-state index in [0.717, 1.165) is 44.5 Å². The third-order valence-electron chi connectivity index (χ3n) is 6.16. The normalized spacial score (nSPS) is 16.1. The van der Waals surface area contributed by atoms with Crippen LogP contribution in [0.1, 0.15) is 36.0 Å². The van der Waals surface area contributed by atoms with E-state index < -0.39 is 0 Å². The molecular weight excluding hydrogens is 444 g/mol. The number of ether oxygens (including phenoxy) is 1. The van der Waals surface area contributed by atoms with E-state index in [1.54, 1.807) is 42.5 Å². The van der Waals surface area contributed by atoms with Gasteiger partial charge in [-0.3, -0.25) is 5.41 Å². The molecule has 6 N–H and O–H groups in total. The maximum Gasteiger partial charge on any atom is 0.141 e. The fourth-order valence-corrected chi connectivity index (χ4v) is 4.24. The van der Waals surface area contributed by atoms with E-state index in [4.69, 9.17) is 21.0 Å². The molecule has 0 saturated carbocycles. The standard InChI is InChI=1S/C26H32N6O3/c1-17-5-8-21(14-22(17)34)35-20-9-6-18(7-10-20)24(27)23-25(28)29-16-30-26(23)31-19-4-2-11-32(15-19)12-3-13-33/h5-10,14,16,19,27,33-34H,2-4,11-13,15H2,1H3,(H3,28,29,30,31). The number of nitrogens with one attached hydrogen (secondary N) is 2. The number of nitrogen functional groups attached to an aromatic ring is 1. The maximum atomic E-state index is 9.89. The Kier molecular flexibility index (Phi) is 7.79. The zero-order valence-electron chi connectivity index (χ0n) is 19.9. The van der Waals surface area contributed by atoms with E-state index in [9.17, 15) is 5.11 Å². The van der Waals surface area contributed by atoms with Crippen LogP contribution in [0.3, 0.4) is 0 Å². The van der Waals surface area contributed by atoms with E-state index in [-0.39, 0.29) is 29.9 Å². The lowest BCUT2D eigenvalue weighted by molar-refractivity contribution is 0.190. The van der Waals surface area contributed by atoms with E-state index in [2.05, 4.69) is 20.2 Å². The molecule has 1 atom stereocenters. The Labute approximate surface area is 205 Å². The summed E-state index contributed by atoms with van der Waals surface area (Å²) >= 11 is 0. The van der Waals surface area contributed by atoms with Crippen molar-refractivity contribution in [3.63, 3.8) is 0 Å². The lowest BCUT2D eigenvalue weighted by Crippen LogP contribution is -2.43. The van der Waals surface area contributed by atoms with Crippen molar-refractivity contribution in [3.8, 4) is 17.2 Å². The van der Waals surface area contributed by atoms with Crippen LogP contribution in [0, 0.1) is 12.3 Å². The van der Waals surface area contributed by atoms with Crippen molar-refractivity contribution < 1.29 is 14.9 Å². The van der Waals surface area contributed by atoms with Crippen molar-refractivity contribution in [2.24, 2.45) is 0 Å². The highest BCUT2D eigenvalue weighted by Gasteiger charge is 2.23. The van der Waals surface area contributed by atoms with Crippen LogP contribution in [0.25, 0.3) is 0 Å². The quantitative estimate of drug-likeness (QED) is 0.295. The predicted molar refractivity (Wildman–Crippen MR) is 137 cm³/mol. The number of nitrogens with two attached hydrogens (primary N) is 1. The minimum absolute atomic E-state index is 0.171. The maximum absolute atomic E-state index is 9.89. The van der Waals surface area contributed by atoms with Crippen molar-refractivity contribution in [1.29, 1.82) is 5.41 Å². The predicted octanol–water partition coefficient (Wildman–Crippen LogP) is 3.54. The van der Waals surface area contributed by atoms with Gasteiger partial charge in [0.25, 0.3) is 0 Å². The lowest BCUT2D eigenvalue weighted by Gasteiger charge is -2.33. The van der Waals surface area contributed by atoms with E-state index in [1.165, 1.54) is 6.33 Å². The summed E-state index contributed by atoms with van der Waals surface area (Å²) in [7, 11) is 0. The molecule has 35 heavy (non-hydrogen) atoms. The largest absolute Gasteiger partial charge is 0.508 e. The molecule has 1 saturated heterocycles. The summed E-state index contributed by atoms with van der Waals surface area (Å²) in [5, 5.41) is 31.3. The molecule has 1 aliphatic rings. The van der Waals surface area contributed by atoms with Gasteiger partial charge in [0.05, 0.1) is 11.3 Å². The van der Waals surface area contributed by atoms with Crippen LogP contribution in [0.5, 0.6) is 17.2 Å². The Morgan fingerprint density at radius 2 is 1.97 bits per heavy atom. The molecule has 2 heterocycles. The molecule has 0 aliphatic carbocycles. The van der Waals surface area contributed by atoms with Gasteiger partial charge in [-0.25, -0.2) is 9.97 Å². The van der Waals surface area contributed by atoms with E-state index >= 15 is 0 Å². The zero-order chi connectivity index (χ0) is 24.8. The summed E-state index contributed by atoms with van der Waals surface area (Å²) in [5.74, 6) is 2.09. The van der Waals surface area contributed by atoms with Crippen molar-refractivity contribution in [2.45, 2.75) is 32.2 Å². The Morgan fingerprint density at radius 1 is 1.20 bits per heavy atom. The summed E-state index contributed by atoms with van der Waals surface area (Å²) in [6, 6.07) is 12.5. The van der Waals surface area contributed by atoms with Crippen LogP contribution >= 0.6 is 0 Å². The second-order valence-corrected chi connectivity index (χ2v) is 8.79. The van der Waals surface area contributed by atoms with Crippen LogP contribution < -0.4 is 15.8 Å². The molecule has 0 radical (unpaired) electrons. The van der Waals surface area contributed by atoms with Gasteiger partial charge in [0, 0.05) is 37.4 Å². The summed E-state index contributed by atoms with van der Waals surface area (Å²) < 4.78 is 5.83. The first kappa shape index (κ1) is 24.4. The Morgan fingerprint density at radius 3 is 2.71 bits per heavy atom. The van der Waals surface area contributed by atoms with Crippen LogP contribution in [0.15, 0.2) is 48.8 Å².